The Kier molecular flexibility index (Phi) is 4.27. The number of aromatic nitrogens is 1. The van der Waals surface area contributed by atoms with Crippen LogP contribution in [0.2, 0.25) is 0 Å². The van der Waals surface area contributed by atoms with E-state index in [4.69, 9.17) is 0 Å². The second-order valence-electron chi connectivity index (χ2n) is 5.92. The van der Waals surface area contributed by atoms with Crippen molar-refractivity contribution >= 4 is 28.0 Å². The Morgan fingerprint density at radius 1 is 1.04 bits per heavy atom. The van der Waals surface area contributed by atoms with Gasteiger partial charge < -0.3 is 5.32 Å². The molecular weight excluding hydrogens is 347 g/mol. The zero-order valence-corrected chi connectivity index (χ0v) is 13.9. The van der Waals surface area contributed by atoms with Crippen molar-refractivity contribution in [2.75, 3.05) is 5.32 Å². The van der Waals surface area contributed by atoms with Gasteiger partial charge in [0.1, 0.15) is 0 Å². The van der Waals surface area contributed by atoms with Gasteiger partial charge in [-0.25, -0.2) is 0 Å². The number of non-ortho nitro benzene ring substituents is 1. The van der Waals surface area contributed by atoms with Crippen LogP contribution in [0.4, 0.5) is 30.2 Å². The summed E-state index contributed by atoms with van der Waals surface area (Å²) in [6.07, 6.45) is -4.44. The number of fused-ring (bicyclic) bond motifs is 1. The number of nitrogens with one attached hydrogen (secondary N) is 1. The van der Waals surface area contributed by atoms with Crippen LogP contribution in [0.25, 0.3) is 10.9 Å². The topological polar surface area (TPSA) is 68.1 Å². The zero-order chi connectivity index (χ0) is 19.1. The molecule has 0 aliphatic rings. The van der Waals surface area contributed by atoms with Crippen LogP contribution in [0.1, 0.15) is 16.8 Å². The number of hydrogen-bond acceptors (Lipinski definition) is 4. The molecule has 0 saturated heterocycles. The highest BCUT2D eigenvalue weighted by Crippen LogP contribution is 2.34. The monoisotopic (exact) mass is 361 g/mol. The first-order chi connectivity index (χ1) is 12.1. The summed E-state index contributed by atoms with van der Waals surface area (Å²) in [7, 11) is 0. The van der Waals surface area contributed by atoms with Crippen molar-refractivity contribution in [1.82, 2.24) is 4.98 Å². The fourth-order valence-electron chi connectivity index (χ4n) is 2.69. The minimum atomic E-state index is -4.44. The van der Waals surface area contributed by atoms with Gasteiger partial charge in [-0.05, 0) is 43.7 Å². The fraction of sp³-hybridized carbons (Fsp3) is 0.167. The van der Waals surface area contributed by atoms with E-state index in [9.17, 15) is 23.3 Å². The molecule has 1 heterocycles. The molecule has 0 radical (unpaired) electrons. The van der Waals surface area contributed by atoms with Crippen LogP contribution in [0.5, 0.6) is 0 Å². The highest BCUT2D eigenvalue weighted by molar-refractivity contribution is 5.94. The van der Waals surface area contributed by atoms with Crippen molar-refractivity contribution < 1.29 is 18.1 Å². The summed E-state index contributed by atoms with van der Waals surface area (Å²) in [5, 5.41) is 14.5. The van der Waals surface area contributed by atoms with Crippen LogP contribution in [-0.4, -0.2) is 9.91 Å². The molecule has 0 spiro atoms. The Hall–Kier alpha value is -3.16. The van der Waals surface area contributed by atoms with Crippen molar-refractivity contribution in [2.45, 2.75) is 20.0 Å². The Bertz CT molecular complexity index is 1020. The van der Waals surface area contributed by atoms with Crippen molar-refractivity contribution in [1.29, 1.82) is 0 Å². The molecule has 5 nitrogen and oxygen atoms in total. The molecule has 0 atom stereocenters. The SMILES string of the molecule is Cc1cc(Nc2ccc([N+](=O)[O-])cc2C)c2ccc(C(F)(F)F)cc2n1. The number of benzene rings is 2. The van der Waals surface area contributed by atoms with E-state index in [1.807, 2.05) is 0 Å². The standard InChI is InChI=1S/C18H14F3N3O2/c1-10-7-13(24(25)26)4-6-15(10)23-16-8-11(2)22-17-9-12(18(19,20)21)3-5-14(16)17/h3-9H,1-2H3,(H,22,23). The molecule has 0 unspecified atom stereocenters. The van der Waals surface area contributed by atoms with Gasteiger partial charge in [-0.2, -0.15) is 13.2 Å². The van der Waals surface area contributed by atoms with Gasteiger partial charge in [0.15, 0.2) is 0 Å². The minimum Gasteiger partial charge on any atom is -0.355 e. The Morgan fingerprint density at radius 2 is 1.77 bits per heavy atom. The quantitative estimate of drug-likeness (QED) is 0.492. The molecule has 0 aliphatic heterocycles. The van der Waals surface area contributed by atoms with Gasteiger partial charge in [-0.1, -0.05) is 6.07 Å². The first-order valence-corrected chi connectivity index (χ1v) is 7.66. The molecule has 134 valence electrons. The molecule has 0 bridgehead atoms. The van der Waals surface area contributed by atoms with Crippen molar-refractivity contribution in [3.63, 3.8) is 0 Å². The highest BCUT2D eigenvalue weighted by Gasteiger charge is 2.30. The van der Waals surface area contributed by atoms with E-state index in [1.165, 1.54) is 18.2 Å². The number of anilines is 2. The molecule has 26 heavy (non-hydrogen) atoms. The van der Waals surface area contributed by atoms with Crippen LogP contribution in [0.3, 0.4) is 0 Å². The maximum absolute atomic E-state index is 12.9. The van der Waals surface area contributed by atoms with Gasteiger partial charge in [0.05, 0.1) is 16.0 Å². The lowest BCUT2D eigenvalue weighted by Gasteiger charge is -2.14. The van der Waals surface area contributed by atoms with Gasteiger partial charge in [0.25, 0.3) is 5.69 Å². The van der Waals surface area contributed by atoms with Gasteiger partial charge in [-0.15, -0.1) is 0 Å². The second kappa shape index (κ2) is 6.29. The average molecular weight is 361 g/mol. The van der Waals surface area contributed by atoms with Crippen LogP contribution < -0.4 is 5.32 Å². The summed E-state index contributed by atoms with van der Waals surface area (Å²) >= 11 is 0. The van der Waals surface area contributed by atoms with E-state index in [0.717, 1.165) is 12.1 Å². The maximum Gasteiger partial charge on any atom is 0.416 e. The fourth-order valence-corrected chi connectivity index (χ4v) is 2.69. The predicted octanol–water partition coefficient (Wildman–Crippen LogP) is 5.52. The van der Waals surface area contributed by atoms with Crippen LogP contribution in [-0.2, 0) is 6.18 Å². The molecule has 0 fully saturated rings. The van der Waals surface area contributed by atoms with Crippen molar-refractivity contribution in [2.24, 2.45) is 0 Å². The number of halogens is 3. The van der Waals surface area contributed by atoms with Crippen molar-refractivity contribution in [3.05, 3.63) is 69.4 Å². The maximum atomic E-state index is 12.9. The normalized spacial score (nSPS) is 11.6. The lowest BCUT2D eigenvalue weighted by Crippen LogP contribution is -2.05. The minimum absolute atomic E-state index is 0.0290. The van der Waals surface area contributed by atoms with Crippen molar-refractivity contribution in [3.8, 4) is 0 Å². The van der Waals surface area contributed by atoms with Gasteiger partial charge >= 0.3 is 6.18 Å². The number of alkyl halides is 3. The molecular formula is C18H14F3N3O2. The zero-order valence-electron chi connectivity index (χ0n) is 13.9. The molecule has 0 amide bonds. The molecule has 2 aromatic carbocycles. The smallest absolute Gasteiger partial charge is 0.355 e. The number of nitrogens with zero attached hydrogens (tertiary/aromatic N) is 2. The first kappa shape index (κ1) is 17.7. The summed E-state index contributed by atoms with van der Waals surface area (Å²) < 4.78 is 38.8. The van der Waals surface area contributed by atoms with Crippen LogP contribution in [0.15, 0.2) is 42.5 Å². The van der Waals surface area contributed by atoms with Crippen LogP contribution >= 0.6 is 0 Å². The third kappa shape index (κ3) is 3.44. The molecule has 0 aliphatic carbocycles. The number of nitro benzene ring substituents is 1. The lowest BCUT2D eigenvalue weighted by atomic mass is 10.1. The molecule has 1 N–H and O–H groups in total. The summed E-state index contributed by atoms with van der Waals surface area (Å²) in [4.78, 5) is 14.5. The predicted molar refractivity (Wildman–Crippen MR) is 92.6 cm³/mol. The molecule has 1 aromatic heterocycles. The molecule has 3 aromatic rings. The average Bonchev–Trinajstić information content (AvgIpc) is 2.54. The highest BCUT2D eigenvalue weighted by atomic mass is 19.4. The summed E-state index contributed by atoms with van der Waals surface area (Å²) in [5.74, 6) is 0. The summed E-state index contributed by atoms with van der Waals surface area (Å²) in [6, 6.07) is 9.47. The number of aryl methyl sites for hydroxylation is 2. The Morgan fingerprint density at radius 3 is 2.38 bits per heavy atom. The Balaban J connectivity index is 2.07. The lowest BCUT2D eigenvalue weighted by molar-refractivity contribution is -0.384. The molecule has 0 saturated carbocycles. The van der Waals surface area contributed by atoms with E-state index in [0.29, 0.717) is 28.0 Å². The third-order valence-corrected chi connectivity index (χ3v) is 3.96. The summed E-state index contributed by atoms with van der Waals surface area (Å²) in [6.45, 7) is 3.40. The van der Waals surface area contributed by atoms with Gasteiger partial charge in [0, 0.05) is 34.6 Å². The van der Waals surface area contributed by atoms with Gasteiger partial charge in [0.2, 0.25) is 0 Å². The molecule has 3 rings (SSSR count). The second-order valence-corrected chi connectivity index (χ2v) is 5.92. The number of nitro groups is 1. The largest absolute Gasteiger partial charge is 0.416 e. The van der Waals surface area contributed by atoms with E-state index in [-0.39, 0.29) is 11.2 Å². The van der Waals surface area contributed by atoms with E-state index in [2.05, 4.69) is 10.3 Å². The van der Waals surface area contributed by atoms with Crippen LogP contribution in [0, 0.1) is 24.0 Å². The van der Waals surface area contributed by atoms with E-state index < -0.39 is 16.7 Å². The van der Waals surface area contributed by atoms with E-state index >= 15 is 0 Å². The Labute approximate surface area is 146 Å². The summed E-state index contributed by atoms with van der Waals surface area (Å²) in [5.41, 5.74) is 1.84. The third-order valence-electron chi connectivity index (χ3n) is 3.96. The molecule has 8 heteroatoms. The van der Waals surface area contributed by atoms with E-state index in [1.54, 1.807) is 26.0 Å². The van der Waals surface area contributed by atoms with Gasteiger partial charge in [-0.3, -0.25) is 15.1 Å². The number of rotatable bonds is 3. The first-order valence-electron chi connectivity index (χ1n) is 7.66. The number of pyridine rings is 1. The number of hydrogen-bond donors (Lipinski definition) is 1.